The predicted molar refractivity (Wildman–Crippen MR) is 79.2 cm³/mol. The zero-order valence-corrected chi connectivity index (χ0v) is 12.3. The second-order valence-electron chi connectivity index (χ2n) is 5.89. The monoisotopic (exact) mass is 293 g/mol. The molecule has 2 saturated heterocycles. The van der Waals surface area contributed by atoms with E-state index >= 15 is 0 Å². The summed E-state index contributed by atoms with van der Waals surface area (Å²) in [4.78, 5) is 14.6. The molecule has 2 aliphatic rings. The molecule has 0 radical (unpaired) electrons. The number of benzene rings is 1. The summed E-state index contributed by atoms with van der Waals surface area (Å²) in [6.07, 6.45) is 3.25. The predicted octanol–water partition coefficient (Wildman–Crippen LogP) is 1.90. The third kappa shape index (κ3) is 2.22. The molecule has 4 nitrogen and oxygen atoms in total. The van der Waals surface area contributed by atoms with Crippen LogP contribution in [0.15, 0.2) is 24.3 Å². The molecular formula is C15H20ClN3O. The van der Waals surface area contributed by atoms with Gasteiger partial charge in [0.15, 0.2) is 0 Å². The Morgan fingerprint density at radius 1 is 1.35 bits per heavy atom. The van der Waals surface area contributed by atoms with Crippen molar-refractivity contribution in [1.29, 1.82) is 0 Å². The van der Waals surface area contributed by atoms with Crippen molar-refractivity contribution in [2.75, 3.05) is 7.05 Å². The first-order chi connectivity index (χ1) is 9.61. The van der Waals surface area contributed by atoms with Crippen molar-refractivity contribution in [3.05, 3.63) is 34.9 Å². The van der Waals surface area contributed by atoms with Crippen LogP contribution in [0, 0.1) is 5.92 Å². The van der Waals surface area contributed by atoms with Crippen molar-refractivity contribution in [2.45, 2.75) is 37.3 Å². The highest BCUT2D eigenvalue weighted by Gasteiger charge is 2.48. The van der Waals surface area contributed by atoms with Crippen LogP contribution in [-0.2, 0) is 4.79 Å². The summed E-state index contributed by atoms with van der Waals surface area (Å²) in [6.45, 7) is 0. The van der Waals surface area contributed by atoms with Crippen LogP contribution in [0.1, 0.15) is 30.7 Å². The fraction of sp³-hybridized carbons (Fsp3) is 0.533. The number of carbonyl (C=O) groups is 1. The highest BCUT2D eigenvalue weighted by Crippen LogP contribution is 2.46. The maximum atomic E-state index is 12.3. The molecule has 0 aliphatic carbocycles. The Hall–Kier alpha value is -1.10. The minimum absolute atomic E-state index is 0.0536. The summed E-state index contributed by atoms with van der Waals surface area (Å²) < 4.78 is 0. The molecule has 4 atom stereocenters. The van der Waals surface area contributed by atoms with Crippen LogP contribution < -0.4 is 11.3 Å². The van der Waals surface area contributed by atoms with Crippen LogP contribution in [0.25, 0.3) is 0 Å². The maximum absolute atomic E-state index is 12.3. The lowest BCUT2D eigenvalue weighted by molar-refractivity contribution is -0.129. The van der Waals surface area contributed by atoms with Crippen molar-refractivity contribution in [3.63, 3.8) is 0 Å². The van der Waals surface area contributed by atoms with Gasteiger partial charge >= 0.3 is 0 Å². The van der Waals surface area contributed by atoms with Gasteiger partial charge in [-0.15, -0.1) is 0 Å². The molecule has 0 saturated carbocycles. The Kier molecular flexibility index (Phi) is 3.71. The van der Waals surface area contributed by atoms with Gasteiger partial charge in [-0.25, -0.2) is 5.84 Å². The number of hydrogen-bond acceptors (Lipinski definition) is 3. The number of nitrogens with one attached hydrogen (secondary N) is 1. The van der Waals surface area contributed by atoms with Gasteiger partial charge in [-0.2, -0.15) is 0 Å². The van der Waals surface area contributed by atoms with E-state index in [1.807, 2.05) is 24.3 Å². The lowest BCUT2D eigenvalue weighted by atomic mass is 9.76. The van der Waals surface area contributed by atoms with Gasteiger partial charge < -0.3 is 0 Å². The van der Waals surface area contributed by atoms with Crippen molar-refractivity contribution in [3.8, 4) is 0 Å². The third-order valence-electron chi connectivity index (χ3n) is 5.01. The number of rotatable bonds is 2. The van der Waals surface area contributed by atoms with Crippen molar-refractivity contribution < 1.29 is 4.79 Å². The summed E-state index contributed by atoms with van der Waals surface area (Å²) in [7, 11) is 2.12. The number of hydrazine groups is 1. The molecule has 4 unspecified atom stereocenters. The van der Waals surface area contributed by atoms with E-state index in [0.29, 0.717) is 6.04 Å². The lowest BCUT2D eigenvalue weighted by Gasteiger charge is -2.42. The number of halogens is 1. The average Bonchev–Trinajstić information content (AvgIpc) is 2.70. The van der Waals surface area contributed by atoms with Crippen LogP contribution in [0.4, 0.5) is 0 Å². The number of carbonyl (C=O) groups excluding carboxylic acids is 1. The van der Waals surface area contributed by atoms with Gasteiger partial charge in [-0.05, 0) is 49.9 Å². The summed E-state index contributed by atoms with van der Waals surface area (Å²) in [5.74, 6) is 5.50. The van der Waals surface area contributed by atoms with Gasteiger partial charge in [0.25, 0.3) is 0 Å². The van der Waals surface area contributed by atoms with Crippen molar-refractivity contribution in [1.82, 2.24) is 10.3 Å². The van der Waals surface area contributed by atoms with E-state index in [4.69, 9.17) is 17.4 Å². The van der Waals surface area contributed by atoms with Crippen LogP contribution >= 0.6 is 11.6 Å². The fourth-order valence-electron chi connectivity index (χ4n) is 3.97. The molecular weight excluding hydrogens is 274 g/mol. The Labute approximate surface area is 124 Å². The molecule has 3 N–H and O–H groups in total. The Bertz CT molecular complexity index is 504. The van der Waals surface area contributed by atoms with E-state index in [9.17, 15) is 4.79 Å². The number of nitrogens with zero attached hydrogens (tertiary/aromatic N) is 1. The molecule has 2 aliphatic heterocycles. The molecule has 2 heterocycles. The number of fused-ring (bicyclic) bond motifs is 2. The van der Waals surface area contributed by atoms with Crippen LogP contribution in [0.5, 0.6) is 0 Å². The second kappa shape index (κ2) is 5.35. The topological polar surface area (TPSA) is 58.4 Å². The molecule has 2 fully saturated rings. The molecule has 0 aromatic heterocycles. The highest BCUT2D eigenvalue weighted by molar-refractivity contribution is 6.30. The Morgan fingerprint density at radius 3 is 2.70 bits per heavy atom. The molecule has 1 aromatic carbocycles. The maximum Gasteiger partial charge on any atom is 0.239 e. The molecule has 108 valence electrons. The van der Waals surface area contributed by atoms with Gasteiger partial charge in [0, 0.05) is 17.1 Å². The number of piperidine rings is 1. The summed E-state index contributed by atoms with van der Waals surface area (Å²) in [5, 5.41) is 0.726. The molecule has 5 heteroatoms. The van der Waals surface area contributed by atoms with Crippen molar-refractivity contribution in [2.24, 2.45) is 11.8 Å². The molecule has 20 heavy (non-hydrogen) atoms. The summed E-state index contributed by atoms with van der Waals surface area (Å²) in [6, 6.07) is 8.73. The minimum atomic E-state index is -0.0788. The van der Waals surface area contributed by atoms with Crippen molar-refractivity contribution >= 4 is 17.5 Å². The van der Waals surface area contributed by atoms with Gasteiger partial charge in [0.1, 0.15) is 0 Å². The quantitative estimate of drug-likeness (QED) is 0.497. The SMILES string of the molecule is CN1C2CCC1C(C(=O)NN)C(c1ccc(Cl)cc1)C2. The Balaban J connectivity index is 1.95. The number of nitrogens with two attached hydrogens (primary N) is 1. The molecule has 1 aromatic rings. The molecule has 2 bridgehead atoms. The first-order valence-corrected chi connectivity index (χ1v) is 7.47. The van der Waals surface area contributed by atoms with E-state index in [0.717, 1.165) is 17.9 Å². The van der Waals surface area contributed by atoms with Gasteiger partial charge in [-0.3, -0.25) is 15.1 Å². The Morgan fingerprint density at radius 2 is 2.05 bits per heavy atom. The van der Waals surface area contributed by atoms with E-state index in [2.05, 4.69) is 17.4 Å². The molecule has 1 amide bonds. The normalized spacial score (nSPS) is 33.1. The molecule has 3 rings (SSSR count). The third-order valence-corrected chi connectivity index (χ3v) is 5.26. The zero-order valence-electron chi connectivity index (χ0n) is 11.6. The molecule has 0 spiro atoms. The number of amides is 1. The second-order valence-corrected chi connectivity index (χ2v) is 6.33. The minimum Gasteiger partial charge on any atom is -0.300 e. The fourth-order valence-corrected chi connectivity index (χ4v) is 4.10. The van der Waals surface area contributed by atoms with Gasteiger partial charge in [0.2, 0.25) is 5.91 Å². The largest absolute Gasteiger partial charge is 0.300 e. The van der Waals surface area contributed by atoms with E-state index in [1.54, 1.807) is 0 Å². The van der Waals surface area contributed by atoms with Crippen LogP contribution in [0.3, 0.4) is 0 Å². The zero-order chi connectivity index (χ0) is 14.3. The lowest BCUT2D eigenvalue weighted by Crippen LogP contribution is -2.52. The average molecular weight is 294 g/mol. The van der Waals surface area contributed by atoms with E-state index in [1.165, 1.54) is 12.0 Å². The highest BCUT2D eigenvalue weighted by atomic mass is 35.5. The van der Waals surface area contributed by atoms with Crippen LogP contribution in [0.2, 0.25) is 5.02 Å². The van der Waals surface area contributed by atoms with Crippen LogP contribution in [-0.4, -0.2) is 29.9 Å². The van der Waals surface area contributed by atoms with E-state index < -0.39 is 0 Å². The standard InChI is InChI=1S/C15H20ClN3O/c1-19-11-6-7-13(19)14(15(20)18-17)12(8-11)9-2-4-10(16)5-3-9/h2-5,11-14H,6-8,17H2,1H3,(H,18,20). The van der Waals surface area contributed by atoms with Gasteiger partial charge in [-0.1, -0.05) is 23.7 Å². The smallest absolute Gasteiger partial charge is 0.239 e. The summed E-state index contributed by atoms with van der Waals surface area (Å²) in [5.41, 5.74) is 3.55. The first kappa shape index (κ1) is 13.9. The first-order valence-electron chi connectivity index (χ1n) is 7.09. The summed E-state index contributed by atoms with van der Waals surface area (Å²) >= 11 is 5.96. The number of hydrogen-bond donors (Lipinski definition) is 2. The van der Waals surface area contributed by atoms with E-state index in [-0.39, 0.29) is 23.8 Å². The van der Waals surface area contributed by atoms with Gasteiger partial charge in [0.05, 0.1) is 5.92 Å².